The molecule has 1 aliphatic rings. The minimum absolute atomic E-state index is 0.143. The van der Waals surface area contributed by atoms with Crippen LogP contribution in [0.4, 0.5) is 17.3 Å². The standard InChI is InChI=1S/C21H19N5O/c22-12-15-6-9-26(10-7-15)21-19-11-20(24-13-17(19)5-8-23-21)25-18-3-1-16(14-27)2-4-18/h1-5,8,11,13-15H,6-7,9-10H2,(H,24,25). The van der Waals surface area contributed by atoms with E-state index >= 15 is 0 Å². The van der Waals surface area contributed by atoms with Crippen LogP contribution in [0.1, 0.15) is 23.2 Å². The molecule has 0 aliphatic carbocycles. The van der Waals surface area contributed by atoms with Crippen molar-refractivity contribution in [1.82, 2.24) is 9.97 Å². The van der Waals surface area contributed by atoms with Gasteiger partial charge in [0.15, 0.2) is 0 Å². The molecule has 6 heteroatoms. The highest BCUT2D eigenvalue weighted by atomic mass is 16.1. The van der Waals surface area contributed by atoms with Gasteiger partial charge in [0.25, 0.3) is 0 Å². The molecule has 3 heterocycles. The lowest BCUT2D eigenvalue weighted by molar-refractivity contribution is 0.112. The van der Waals surface area contributed by atoms with E-state index in [1.165, 1.54) is 0 Å². The predicted octanol–water partition coefficient (Wildman–Crippen LogP) is 3.93. The summed E-state index contributed by atoms with van der Waals surface area (Å²) in [5.74, 6) is 1.80. The van der Waals surface area contributed by atoms with Crippen LogP contribution in [0, 0.1) is 17.2 Å². The van der Waals surface area contributed by atoms with Gasteiger partial charge in [-0.2, -0.15) is 5.26 Å². The van der Waals surface area contributed by atoms with Crippen molar-refractivity contribution in [1.29, 1.82) is 5.26 Å². The summed E-state index contributed by atoms with van der Waals surface area (Å²) in [4.78, 5) is 22.1. The van der Waals surface area contributed by atoms with Gasteiger partial charge in [-0.05, 0) is 49.2 Å². The molecule has 4 rings (SSSR count). The number of anilines is 3. The molecule has 0 unspecified atom stereocenters. The highest BCUT2D eigenvalue weighted by molar-refractivity contribution is 5.93. The summed E-state index contributed by atoms with van der Waals surface area (Å²) in [5, 5.41) is 14.5. The zero-order valence-corrected chi connectivity index (χ0v) is 14.8. The van der Waals surface area contributed by atoms with E-state index in [1.807, 2.05) is 30.5 Å². The lowest BCUT2D eigenvalue weighted by Crippen LogP contribution is -2.33. The van der Waals surface area contributed by atoms with Gasteiger partial charge in [-0.3, -0.25) is 4.79 Å². The SMILES string of the molecule is N#CC1CCN(c2nccc3cnc(Nc4ccc(C=O)cc4)cc23)CC1. The summed E-state index contributed by atoms with van der Waals surface area (Å²) >= 11 is 0. The number of aldehydes is 1. The van der Waals surface area contributed by atoms with Crippen molar-refractivity contribution in [3.8, 4) is 6.07 Å². The highest BCUT2D eigenvalue weighted by Gasteiger charge is 2.21. The zero-order valence-electron chi connectivity index (χ0n) is 14.8. The van der Waals surface area contributed by atoms with Crippen LogP contribution in [-0.4, -0.2) is 29.3 Å². The van der Waals surface area contributed by atoms with E-state index < -0.39 is 0 Å². The average Bonchev–Trinajstić information content (AvgIpc) is 2.74. The van der Waals surface area contributed by atoms with Crippen LogP contribution >= 0.6 is 0 Å². The molecule has 6 nitrogen and oxygen atoms in total. The number of aromatic nitrogens is 2. The summed E-state index contributed by atoms with van der Waals surface area (Å²) in [6, 6.07) is 13.6. The minimum atomic E-state index is 0.143. The van der Waals surface area contributed by atoms with E-state index in [0.29, 0.717) is 5.56 Å². The number of nitriles is 1. The molecule has 0 atom stereocenters. The molecule has 1 N–H and O–H groups in total. The van der Waals surface area contributed by atoms with Crippen molar-refractivity contribution in [2.24, 2.45) is 5.92 Å². The third-order valence-electron chi connectivity index (χ3n) is 4.92. The van der Waals surface area contributed by atoms with Gasteiger partial charge in [0, 0.05) is 53.4 Å². The molecule has 1 saturated heterocycles. The Bertz CT molecular complexity index is 1000. The lowest BCUT2D eigenvalue weighted by Gasteiger charge is -2.30. The Kier molecular flexibility index (Phi) is 4.67. The number of nitrogens with zero attached hydrogens (tertiary/aromatic N) is 4. The van der Waals surface area contributed by atoms with Crippen molar-refractivity contribution >= 4 is 34.4 Å². The minimum Gasteiger partial charge on any atom is -0.356 e. The topological polar surface area (TPSA) is 81.9 Å². The maximum atomic E-state index is 10.8. The summed E-state index contributed by atoms with van der Waals surface area (Å²) in [6.07, 6.45) is 6.21. The molecule has 0 spiro atoms. The van der Waals surface area contributed by atoms with E-state index in [9.17, 15) is 4.79 Å². The van der Waals surface area contributed by atoms with Crippen LogP contribution in [0.5, 0.6) is 0 Å². The molecule has 1 aliphatic heterocycles. The van der Waals surface area contributed by atoms with Crippen molar-refractivity contribution in [2.75, 3.05) is 23.3 Å². The number of hydrogen-bond donors (Lipinski definition) is 1. The van der Waals surface area contributed by atoms with Crippen molar-refractivity contribution < 1.29 is 4.79 Å². The van der Waals surface area contributed by atoms with Gasteiger partial charge in [0.1, 0.15) is 17.9 Å². The number of fused-ring (bicyclic) bond motifs is 1. The number of pyridine rings is 2. The lowest BCUT2D eigenvalue weighted by atomic mass is 9.98. The fourth-order valence-electron chi connectivity index (χ4n) is 3.38. The molecular weight excluding hydrogens is 338 g/mol. The second-order valence-corrected chi connectivity index (χ2v) is 6.68. The Labute approximate surface area is 157 Å². The van der Waals surface area contributed by atoms with Crippen molar-refractivity contribution in [3.63, 3.8) is 0 Å². The summed E-state index contributed by atoms with van der Waals surface area (Å²) in [7, 11) is 0. The number of carbonyl (C=O) groups excluding carboxylic acids is 1. The second-order valence-electron chi connectivity index (χ2n) is 6.68. The fraction of sp³-hybridized carbons (Fsp3) is 0.238. The number of piperidine rings is 1. The van der Waals surface area contributed by atoms with Gasteiger partial charge in [-0.25, -0.2) is 9.97 Å². The molecule has 3 aromatic rings. The Morgan fingerprint density at radius 2 is 1.93 bits per heavy atom. The van der Waals surface area contributed by atoms with E-state index in [0.717, 1.165) is 60.3 Å². The second kappa shape index (κ2) is 7.42. The average molecular weight is 357 g/mol. The van der Waals surface area contributed by atoms with Crippen LogP contribution in [0.2, 0.25) is 0 Å². The smallest absolute Gasteiger partial charge is 0.150 e. The molecule has 2 aromatic heterocycles. The highest BCUT2D eigenvalue weighted by Crippen LogP contribution is 2.30. The summed E-state index contributed by atoms with van der Waals surface area (Å²) < 4.78 is 0. The van der Waals surface area contributed by atoms with Gasteiger partial charge in [-0.15, -0.1) is 0 Å². The monoisotopic (exact) mass is 357 g/mol. The van der Waals surface area contributed by atoms with Gasteiger partial charge >= 0.3 is 0 Å². The Hall–Kier alpha value is -3.46. The predicted molar refractivity (Wildman–Crippen MR) is 105 cm³/mol. The number of benzene rings is 1. The summed E-state index contributed by atoms with van der Waals surface area (Å²) in [6.45, 7) is 1.67. The maximum Gasteiger partial charge on any atom is 0.150 e. The molecule has 0 bridgehead atoms. The molecule has 0 saturated carbocycles. The molecule has 0 radical (unpaired) electrons. The Balaban J connectivity index is 1.62. The third-order valence-corrected chi connectivity index (χ3v) is 4.92. The number of nitrogens with one attached hydrogen (secondary N) is 1. The molecule has 27 heavy (non-hydrogen) atoms. The van der Waals surface area contributed by atoms with Crippen LogP contribution in [0.15, 0.2) is 48.8 Å². The Morgan fingerprint density at radius 3 is 2.63 bits per heavy atom. The Morgan fingerprint density at radius 1 is 1.15 bits per heavy atom. The summed E-state index contributed by atoms with van der Waals surface area (Å²) in [5.41, 5.74) is 1.51. The third kappa shape index (κ3) is 3.58. The first-order valence-corrected chi connectivity index (χ1v) is 8.98. The van der Waals surface area contributed by atoms with E-state index in [1.54, 1.807) is 18.3 Å². The van der Waals surface area contributed by atoms with Crippen molar-refractivity contribution in [2.45, 2.75) is 12.8 Å². The van der Waals surface area contributed by atoms with E-state index in [-0.39, 0.29) is 5.92 Å². The first-order valence-electron chi connectivity index (χ1n) is 8.98. The fourth-order valence-corrected chi connectivity index (χ4v) is 3.38. The number of carbonyl (C=O) groups is 1. The maximum absolute atomic E-state index is 10.8. The van der Waals surface area contributed by atoms with Gasteiger partial charge < -0.3 is 10.2 Å². The zero-order chi connectivity index (χ0) is 18.6. The first-order chi connectivity index (χ1) is 13.3. The van der Waals surface area contributed by atoms with Crippen LogP contribution in [-0.2, 0) is 0 Å². The molecule has 1 fully saturated rings. The van der Waals surface area contributed by atoms with Crippen LogP contribution < -0.4 is 10.2 Å². The molecule has 0 amide bonds. The van der Waals surface area contributed by atoms with Gasteiger partial charge in [-0.1, -0.05) is 0 Å². The number of rotatable bonds is 4. The largest absolute Gasteiger partial charge is 0.356 e. The van der Waals surface area contributed by atoms with Gasteiger partial charge in [0.2, 0.25) is 0 Å². The number of hydrogen-bond acceptors (Lipinski definition) is 6. The van der Waals surface area contributed by atoms with Crippen molar-refractivity contribution in [3.05, 3.63) is 54.4 Å². The molecular formula is C21H19N5O. The molecule has 1 aromatic carbocycles. The van der Waals surface area contributed by atoms with Crippen LogP contribution in [0.3, 0.4) is 0 Å². The van der Waals surface area contributed by atoms with E-state index in [2.05, 4.69) is 26.3 Å². The first kappa shape index (κ1) is 17.0. The van der Waals surface area contributed by atoms with Gasteiger partial charge in [0.05, 0.1) is 6.07 Å². The van der Waals surface area contributed by atoms with Crippen LogP contribution in [0.25, 0.3) is 10.8 Å². The quantitative estimate of drug-likeness (QED) is 0.713. The normalized spacial score (nSPS) is 14.7. The van der Waals surface area contributed by atoms with E-state index in [4.69, 9.17) is 5.26 Å². The molecule has 134 valence electrons.